The summed E-state index contributed by atoms with van der Waals surface area (Å²) < 4.78 is 42.5. The zero-order valence-electron chi connectivity index (χ0n) is 17.3. The molecule has 0 fully saturated rings. The van der Waals surface area contributed by atoms with Crippen molar-refractivity contribution in [2.45, 2.75) is 63.6 Å². The highest BCUT2D eigenvalue weighted by molar-refractivity contribution is 6.34. The topological polar surface area (TPSA) is 62.7 Å². The highest BCUT2D eigenvalue weighted by atomic mass is 35.5. The van der Waals surface area contributed by atoms with Crippen LogP contribution in [0, 0.1) is 5.92 Å². The molecule has 1 aliphatic heterocycles. The summed E-state index contributed by atoms with van der Waals surface area (Å²) in [5.74, 6) is -0.507. The Morgan fingerprint density at radius 3 is 2.56 bits per heavy atom. The average molecular weight is 513 g/mol. The molecule has 1 amide bonds. The van der Waals surface area contributed by atoms with E-state index in [0.717, 1.165) is 12.8 Å². The summed E-state index contributed by atoms with van der Waals surface area (Å²) in [5.41, 5.74) is 3.40. The van der Waals surface area contributed by atoms with Crippen molar-refractivity contribution < 1.29 is 22.8 Å². The SMILES string of the molecule is CCCCC(=O)NNC1=C(Cl)CCC(C2=NOC(c3cc(Cl)cc(Cl)c3)(C(F)(F)F)C2)C1. The Hall–Kier alpha value is -1.64. The van der Waals surface area contributed by atoms with Crippen LogP contribution in [0.3, 0.4) is 0 Å². The van der Waals surface area contributed by atoms with E-state index in [4.69, 9.17) is 39.6 Å². The van der Waals surface area contributed by atoms with Crippen LogP contribution in [0.4, 0.5) is 13.2 Å². The van der Waals surface area contributed by atoms with Crippen LogP contribution in [0.1, 0.15) is 57.4 Å². The van der Waals surface area contributed by atoms with Crippen molar-refractivity contribution in [2.75, 3.05) is 0 Å². The van der Waals surface area contributed by atoms with E-state index < -0.39 is 18.2 Å². The highest BCUT2D eigenvalue weighted by Crippen LogP contribution is 2.50. The Bertz CT molecular complexity index is 916. The first-order valence-corrected chi connectivity index (χ1v) is 11.4. The molecule has 0 saturated heterocycles. The Kier molecular flexibility index (Phi) is 7.89. The summed E-state index contributed by atoms with van der Waals surface area (Å²) >= 11 is 18.2. The van der Waals surface area contributed by atoms with Gasteiger partial charge in [-0.3, -0.25) is 10.2 Å². The van der Waals surface area contributed by atoms with Crippen LogP contribution < -0.4 is 10.9 Å². The third kappa shape index (κ3) is 5.46. The summed E-state index contributed by atoms with van der Waals surface area (Å²) in [6.07, 6.45) is -1.95. The Morgan fingerprint density at radius 2 is 1.94 bits per heavy atom. The van der Waals surface area contributed by atoms with Gasteiger partial charge < -0.3 is 10.3 Å². The third-order valence-electron chi connectivity index (χ3n) is 5.61. The van der Waals surface area contributed by atoms with Gasteiger partial charge in [0.25, 0.3) is 5.60 Å². The fraction of sp³-hybridized carbons (Fsp3) is 0.524. The van der Waals surface area contributed by atoms with Gasteiger partial charge >= 0.3 is 6.18 Å². The van der Waals surface area contributed by atoms with Gasteiger partial charge in [-0.2, -0.15) is 13.2 Å². The van der Waals surface area contributed by atoms with Gasteiger partial charge in [-0.25, -0.2) is 0 Å². The first kappa shape index (κ1) is 25.0. The predicted octanol–water partition coefficient (Wildman–Crippen LogP) is 6.59. The molecule has 5 nitrogen and oxygen atoms in total. The second kappa shape index (κ2) is 10.1. The molecule has 32 heavy (non-hydrogen) atoms. The van der Waals surface area contributed by atoms with E-state index >= 15 is 0 Å². The fourth-order valence-corrected chi connectivity index (χ4v) is 4.55. The Morgan fingerprint density at radius 1 is 1.25 bits per heavy atom. The van der Waals surface area contributed by atoms with E-state index in [1.807, 2.05) is 6.92 Å². The molecule has 1 aliphatic carbocycles. The largest absolute Gasteiger partial charge is 0.435 e. The number of benzene rings is 1. The van der Waals surface area contributed by atoms with Crippen LogP contribution in [0.5, 0.6) is 0 Å². The van der Waals surface area contributed by atoms with Crippen LogP contribution in [-0.4, -0.2) is 17.8 Å². The number of alkyl halides is 3. The molecule has 2 aliphatic rings. The third-order valence-corrected chi connectivity index (χ3v) is 6.46. The van der Waals surface area contributed by atoms with Gasteiger partial charge in [0.15, 0.2) is 0 Å². The molecule has 0 aromatic heterocycles. The zero-order valence-corrected chi connectivity index (χ0v) is 19.6. The van der Waals surface area contributed by atoms with Crippen LogP contribution in [0.2, 0.25) is 10.0 Å². The van der Waals surface area contributed by atoms with Crippen molar-refractivity contribution in [2.24, 2.45) is 11.1 Å². The van der Waals surface area contributed by atoms with Crippen molar-refractivity contribution in [1.82, 2.24) is 10.9 Å². The molecule has 176 valence electrons. The number of carbonyl (C=O) groups is 1. The van der Waals surface area contributed by atoms with Crippen LogP contribution >= 0.6 is 34.8 Å². The minimum Gasteiger partial charge on any atom is -0.374 e. The van der Waals surface area contributed by atoms with E-state index in [0.29, 0.717) is 36.4 Å². The van der Waals surface area contributed by atoms with Crippen molar-refractivity contribution >= 4 is 46.4 Å². The molecule has 1 aromatic carbocycles. The van der Waals surface area contributed by atoms with E-state index in [1.54, 1.807) is 0 Å². The van der Waals surface area contributed by atoms with Crippen molar-refractivity contribution in [3.63, 3.8) is 0 Å². The smallest absolute Gasteiger partial charge is 0.374 e. The number of halogens is 6. The molecule has 0 saturated carbocycles. The van der Waals surface area contributed by atoms with Gasteiger partial charge in [-0.05, 0) is 43.9 Å². The molecule has 1 aromatic rings. The number of nitrogens with zero attached hydrogens (tertiary/aromatic N) is 1. The Labute approximate surface area is 199 Å². The normalized spacial score (nSPS) is 23.6. The van der Waals surface area contributed by atoms with Gasteiger partial charge in [-0.15, -0.1) is 0 Å². The summed E-state index contributed by atoms with van der Waals surface area (Å²) in [4.78, 5) is 16.9. The molecular formula is C21H23Cl3F3N3O2. The zero-order chi connectivity index (χ0) is 23.5. The van der Waals surface area contributed by atoms with Crippen molar-refractivity contribution in [3.05, 3.63) is 44.5 Å². The number of hydrazine groups is 1. The quantitative estimate of drug-likeness (QED) is 0.405. The van der Waals surface area contributed by atoms with E-state index in [9.17, 15) is 18.0 Å². The molecular weight excluding hydrogens is 490 g/mol. The van der Waals surface area contributed by atoms with E-state index in [2.05, 4.69) is 16.0 Å². The number of carbonyl (C=O) groups excluding carboxylic acids is 1. The molecule has 0 bridgehead atoms. The number of oxime groups is 1. The number of amides is 1. The molecule has 1 heterocycles. The lowest BCUT2D eigenvalue weighted by Gasteiger charge is -2.31. The number of hydrogen-bond acceptors (Lipinski definition) is 4. The molecule has 0 radical (unpaired) electrons. The second-order valence-corrected chi connectivity index (χ2v) is 9.26. The number of unbranched alkanes of at least 4 members (excludes halogenated alkanes) is 1. The first-order chi connectivity index (χ1) is 15.1. The molecule has 11 heteroatoms. The molecule has 2 unspecified atom stereocenters. The van der Waals surface area contributed by atoms with Crippen molar-refractivity contribution in [1.29, 1.82) is 0 Å². The predicted molar refractivity (Wildman–Crippen MR) is 118 cm³/mol. The second-order valence-electron chi connectivity index (χ2n) is 7.93. The summed E-state index contributed by atoms with van der Waals surface area (Å²) in [6.45, 7) is 1.98. The fourth-order valence-electron chi connectivity index (χ4n) is 3.79. The number of allylic oxidation sites excluding steroid dienone is 2. The molecule has 2 atom stereocenters. The van der Waals surface area contributed by atoms with Gasteiger partial charge in [0, 0.05) is 45.1 Å². The number of nitrogens with one attached hydrogen (secondary N) is 2. The minimum absolute atomic E-state index is 0.0749. The molecule has 0 spiro atoms. The summed E-state index contributed by atoms with van der Waals surface area (Å²) in [5, 5.41) is 4.52. The van der Waals surface area contributed by atoms with Gasteiger partial charge in [0.2, 0.25) is 5.91 Å². The van der Waals surface area contributed by atoms with Gasteiger partial charge in [0.1, 0.15) is 0 Å². The lowest BCUT2D eigenvalue weighted by molar-refractivity contribution is -0.275. The number of rotatable bonds is 7. The first-order valence-electron chi connectivity index (χ1n) is 10.3. The van der Waals surface area contributed by atoms with Crippen LogP contribution in [-0.2, 0) is 15.2 Å². The minimum atomic E-state index is -4.75. The lowest BCUT2D eigenvalue weighted by Crippen LogP contribution is -2.43. The van der Waals surface area contributed by atoms with Crippen molar-refractivity contribution in [3.8, 4) is 0 Å². The maximum Gasteiger partial charge on any atom is 0.435 e. The van der Waals surface area contributed by atoms with Crippen LogP contribution in [0.15, 0.2) is 34.1 Å². The number of hydrogen-bond donors (Lipinski definition) is 2. The lowest BCUT2D eigenvalue weighted by atomic mass is 9.80. The Balaban J connectivity index is 1.75. The monoisotopic (exact) mass is 511 g/mol. The summed E-state index contributed by atoms with van der Waals surface area (Å²) in [6, 6.07) is 3.74. The molecule has 3 rings (SSSR count). The van der Waals surface area contributed by atoms with Gasteiger partial charge in [0.05, 0.1) is 5.71 Å². The van der Waals surface area contributed by atoms with Crippen LogP contribution in [0.25, 0.3) is 0 Å². The maximum absolute atomic E-state index is 14.2. The standard InChI is InChI=1S/C21H23Cl3F3N3O2/c1-2-3-4-19(31)29-28-17-7-12(5-6-16(17)24)18-11-20(32-30-18,21(25,26)27)13-8-14(22)10-15(23)9-13/h8-10,12,28H,2-7,11H2,1H3,(H,29,31). The maximum atomic E-state index is 14.2. The van der Waals surface area contributed by atoms with E-state index in [1.165, 1.54) is 18.2 Å². The summed E-state index contributed by atoms with van der Waals surface area (Å²) in [7, 11) is 0. The average Bonchev–Trinajstić information content (AvgIpc) is 3.18. The van der Waals surface area contributed by atoms with E-state index in [-0.39, 0.29) is 33.1 Å². The van der Waals surface area contributed by atoms with Gasteiger partial charge in [-0.1, -0.05) is 53.3 Å². The molecule has 2 N–H and O–H groups in total. The highest BCUT2D eigenvalue weighted by Gasteiger charge is 2.62.